The van der Waals surface area contributed by atoms with Crippen molar-refractivity contribution in [3.63, 3.8) is 0 Å². The van der Waals surface area contributed by atoms with Crippen molar-refractivity contribution >= 4 is 5.57 Å². The monoisotopic (exact) mass is 190 g/mol. The van der Waals surface area contributed by atoms with Crippen LogP contribution in [0.25, 0.3) is 5.57 Å². The van der Waals surface area contributed by atoms with Crippen molar-refractivity contribution in [2.45, 2.75) is 12.8 Å². The fourth-order valence-electron chi connectivity index (χ4n) is 2.61. The molecule has 0 radical (unpaired) electrons. The summed E-state index contributed by atoms with van der Waals surface area (Å²) < 4.78 is 4.89. The molecule has 2 aliphatic rings. The minimum atomic E-state index is 0.668. The lowest BCUT2D eigenvalue weighted by molar-refractivity contribution is 0.320. The smallest absolute Gasteiger partial charge is 0.131 e. The first-order chi connectivity index (χ1) is 6.93. The zero-order valence-electron chi connectivity index (χ0n) is 8.07. The summed E-state index contributed by atoms with van der Waals surface area (Å²) in [7, 11) is 0. The SMILES string of the molecule is C1=C(c2cnoc2)C2CNCC(C1)C2. The van der Waals surface area contributed by atoms with Gasteiger partial charge in [0, 0.05) is 12.1 Å². The van der Waals surface area contributed by atoms with Crippen LogP contribution in [0, 0.1) is 11.8 Å². The molecule has 0 saturated carbocycles. The van der Waals surface area contributed by atoms with Gasteiger partial charge in [0.1, 0.15) is 6.26 Å². The summed E-state index contributed by atoms with van der Waals surface area (Å²) >= 11 is 0. The number of piperidine rings is 1. The normalized spacial score (nSPS) is 31.3. The first kappa shape index (κ1) is 8.24. The largest absolute Gasteiger partial charge is 0.364 e. The maximum Gasteiger partial charge on any atom is 0.131 e. The highest BCUT2D eigenvalue weighted by atomic mass is 16.5. The zero-order chi connectivity index (χ0) is 9.38. The summed E-state index contributed by atoms with van der Waals surface area (Å²) in [6.07, 6.45) is 8.46. The predicted octanol–water partition coefficient (Wildman–Crippen LogP) is 1.69. The summed E-state index contributed by atoms with van der Waals surface area (Å²) in [5, 5.41) is 7.25. The zero-order valence-corrected chi connectivity index (χ0v) is 8.07. The Balaban J connectivity index is 1.92. The minimum Gasteiger partial charge on any atom is -0.364 e. The van der Waals surface area contributed by atoms with E-state index in [4.69, 9.17) is 4.52 Å². The van der Waals surface area contributed by atoms with Gasteiger partial charge in [-0.3, -0.25) is 0 Å². The van der Waals surface area contributed by atoms with E-state index >= 15 is 0 Å². The number of rotatable bonds is 1. The number of allylic oxidation sites excluding steroid dienone is 1. The highest BCUT2D eigenvalue weighted by Gasteiger charge is 2.28. The second-order valence-electron chi connectivity index (χ2n) is 4.27. The third-order valence-corrected chi connectivity index (χ3v) is 3.32. The molecule has 74 valence electrons. The number of fused-ring (bicyclic) bond motifs is 2. The molecule has 2 bridgehead atoms. The summed E-state index contributed by atoms with van der Waals surface area (Å²) in [5.74, 6) is 1.51. The molecule has 1 saturated heterocycles. The van der Waals surface area contributed by atoms with Crippen LogP contribution < -0.4 is 5.32 Å². The standard InChI is InChI=1S/C11H14N2O/c1-2-11(10-6-13-14-7-10)9-3-8(1)4-12-5-9/h2,6-9,12H,1,3-5H2. The van der Waals surface area contributed by atoms with E-state index in [0.717, 1.165) is 18.0 Å². The van der Waals surface area contributed by atoms with Crippen LogP contribution in [0.5, 0.6) is 0 Å². The summed E-state index contributed by atoms with van der Waals surface area (Å²) in [4.78, 5) is 0. The topological polar surface area (TPSA) is 38.1 Å². The van der Waals surface area contributed by atoms with Gasteiger partial charge in [-0.15, -0.1) is 0 Å². The van der Waals surface area contributed by atoms with Crippen molar-refractivity contribution in [3.8, 4) is 0 Å². The molecule has 0 spiro atoms. The van der Waals surface area contributed by atoms with E-state index in [1.807, 2.05) is 6.20 Å². The molecule has 3 rings (SSSR count). The number of hydrogen-bond donors (Lipinski definition) is 1. The maximum absolute atomic E-state index is 4.89. The quantitative estimate of drug-likeness (QED) is 0.732. The molecule has 2 unspecified atom stereocenters. The average molecular weight is 190 g/mol. The van der Waals surface area contributed by atoms with E-state index in [1.54, 1.807) is 6.26 Å². The molecule has 1 N–H and O–H groups in total. The van der Waals surface area contributed by atoms with Crippen LogP contribution in [0.4, 0.5) is 0 Å². The van der Waals surface area contributed by atoms with Gasteiger partial charge in [-0.25, -0.2) is 0 Å². The molecule has 2 atom stereocenters. The molecule has 14 heavy (non-hydrogen) atoms. The Morgan fingerprint density at radius 3 is 3.29 bits per heavy atom. The van der Waals surface area contributed by atoms with Gasteiger partial charge in [-0.1, -0.05) is 11.2 Å². The molecular formula is C11H14N2O. The molecular weight excluding hydrogens is 176 g/mol. The molecule has 0 amide bonds. The Hall–Kier alpha value is -1.09. The highest BCUT2D eigenvalue weighted by Crippen LogP contribution is 2.36. The molecule has 1 fully saturated rings. The highest BCUT2D eigenvalue weighted by molar-refractivity contribution is 5.67. The van der Waals surface area contributed by atoms with E-state index in [2.05, 4.69) is 16.5 Å². The van der Waals surface area contributed by atoms with Crippen LogP contribution >= 0.6 is 0 Å². The molecule has 3 heteroatoms. The fraction of sp³-hybridized carbons (Fsp3) is 0.545. The first-order valence-corrected chi connectivity index (χ1v) is 5.24. The number of nitrogens with one attached hydrogen (secondary N) is 1. The van der Waals surface area contributed by atoms with Crippen LogP contribution in [-0.2, 0) is 0 Å². The van der Waals surface area contributed by atoms with Gasteiger partial charge in [0.05, 0.1) is 6.20 Å². The van der Waals surface area contributed by atoms with Gasteiger partial charge in [0.2, 0.25) is 0 Å². The second-order valence-corrected chi connectivity index (χ2v) is 4.27. The lowest BCUT2D eigenvalue weighted by Crippen LogP contribution is -2.38. The predicted molar refractivity (Wildman–Crippen MR) is 53.6 cm³/mol. The van der Waals surface area contributed by atoms with Gasteiger partial charge in [0.15, 0.2) is 0 Å². The van der Waals surface area contributed by atoms with Gasteiger partial charge >= 0.3 is 0 Å². The Morgan fingerprint density at radius 1 is 1.43 bits per heavy atom. The van der Waals surface area contributed by atoms with Crippen LogP contribution in [0.3, 0.4) is 0 Å². The summed E-state index contributed by atoms with van der Waals surface area (Å²) in [6, 6.07) is 0. The first-order valence-electron chi connectivity index (χ1n) is 5.24. The fourth-order valence-corrected chi connectivity index (χ4v) is 2.61. The molecule has 1 aliphatic carbocycles. The van der Waals surface area contributed by atoms with Gasteiger partial charge in [-0.2, -0.15) is 0 Å². The van der Waals surface area contributed by atoms with Crippen LogP contribution in [-0.4, -0.2) is 18.2 Å². The summed E-state index contributed by atoms with van der Waals surface area (Å²) in [5.41, 5.74) is 2.59. The van der Waals surface area contributed by atoms with Crippen molar-refractivity contribution in [2.24, 2.45) is 11.8 Å². The lowest BCUT2D eigenvalue weighted by atomic mass is 9.77. The number of hydrogen-bond acceptors (Lipinski definition) is 3. The molecule has 1 aromatic heterocycles. The van der Waals surface area contributed by atoms with Gasteiger partial charge < -0.3 is 9.84 Å². The van der Waals surface area contributed by atoms with E-state index in [1.165, 1.54) is 25.0 Å². The van der Waals surface area contributed by atoms with Crippen molar-refractivity contribution < 1.29 is 4.52 Å². The van der Waals surface area contributed by atoms with Crippen molar-refractivity contribution in [1.29, 1.82) is 0 Å². The third-order valence-electron chi connectivity index (χ3n) is 3.32. The van der Waals surface area contributed by atoms with Crippen molar-refractivity contribution in [2.75, 3.05) is 13.1 Å². The minimum absolute atomic E-state index is 0.668. The molecule has 1 aliphatic heterocycles. The Bertz CT molecular complexity index is 342. The molecule has 2 heterocycles. The third kappa shape index (κ3) is 1.28. The Morgan fingerprint density at radius 2 is 2.43 bits per heavy atom. The Kier molecular flexibility index (Phi) is 1.91. The van der Waals surface area contributed by atoms with E-state index < -0.39 is 0 Å². The molecule has 0 aromatic carbocycles. The Labute approximate surface area is 83.2 Å². The average Bonchev–Trinajstić information content (AvgIpc) is 2.71. The number of nitrogens with zero attached hydrogens (tertiary/aromatic N) is 1. The maximum atomic E-state index is 4.89. The van der Waals surface area contributed by atoms with Gasteiger partial charge in [0.25, 0.3) is 0 Å². The molecule has 3 nitrogen and oxygen atoms in total. The number of aromatic nitrogens is 1. The van der Waals surface area contributed by atoms with E-state index in [-0.39, 0.29) is 0 Å². The van der Waals surface area contributed by atoms with Crippen molar-refractivity contribution in [3.05, 3.63) is 24.1 Å². The van der Waals surface area contributed by atoms with E-state index in [9.17, 15) is 0 Å². The second kappa shape index (κ2) is 3.24. The van der Waals surface area contributed by atoms with Crippen LogP contribution in [0.15, 0.2) is 23.1 Å². The lowest BCUT2D eigenvalue weighted by Gasteiger charge is -2.34. The van der Waals surface area contributed by atoms with E-state index in [0.29, 0.717) is 5.92 Å². The summed E-state index contributed by atoms with van der Waals surface area (Å²) in [6.45, 7) is 2.29. The van der Waals surface area contributed by atoms with Crippen LogP contribution in [0.2, 0.25) is 0 Å². The van der Waals surface area contributed by atoms with Crippen molar-refractivity contribution in [1.82, 2.24) is 10.5 Å². The van der Waals surface area contributed by atoms with Gasteiger partial charge in [-0.05, 0) is 36.8 Å². The molecule has 1 aromatic rings. The van der Waals surface area contributed by atoms with Crippen LogP contribution in [0.1, 0.15) is 18.4 Å².